The van der Waals surface area contributed by atoms with Gasteiger partial charge in [-0.2, -0.15) is 4.80 Å². The Kier molecular flexibility index (Phi) is 3.24. The van der Waals surface area contributed by atoms with Crippen molar-refractivity contribution < 1.29 is 4.79 Å². The van der Waals surface area contributed by atoms with Crippen LogP contribution in [0.2, 0.25) is 0 Å². The zero-order valence-corrected chi connectivity index (χ0v) is 10.7. The summed E-state index contributed by atoms with van der Waals surface area (Å²) in [6, 6.07) is 0. The van der Waals surface area contributed by atoms with Crippen molar-refractivity contribution >= 4 is 5.78 Å². The number of carbonyl (C=O) groups is 1. The summed E-state index contributed by atoms with van der Waals surface area (Å²) in [5.41, 5.74) is -0.421. The normalized spacial score (nSPS) is 17.6. The zero-order chi connectivity index (χ0) is 12.5. The molecule has 1 aliphatic rings. The highest BCUT2D eigenvalue weighted by Gasteiger charge is 2.36. The molecule has 6 heteroatoms. The van der Waals surface area contributed by atoms with Gasteiger partial charge in [-0.15, -0.1) is 10.2 Å². The number of likely N-dealkylation sites (tertiary alicyclic amines) is 1. The van der Waals surface area contributed by atoms with Gasteiger partial charge in [0.05, 0.1) is 19.0 Å². The number of tetrazole rings is 1. The molecule has 0 amide bonds. The van der Waals surface area contributed by atoms with E-state index in [-0.39, 0.29) is 12.2 Å². The van der Waals surface area contributed by atoms with E-state index in [0.717, 1.165) is 13.1 Å². The van der Waals surface area contributed by atoms with Crippen molar-refractivity contribution in [3.63, 3.8) is 0 Å². The number of nitrogens with zero attached hydrogens (tertiary/aromatic N) is 5. The molecule has 1 aromatic rings. The van der Waals surface area contributed by atoms with Crippen molar-refractivity contribution in [3.8, 4) is 0 Å². The van der Waals surface area contributed by atoms with Gasteiger partial charge in [-0.1, -0.05) is 0 Å². The fraction of sp³-hybridized carbons (Fsp3) is 0.818. The van der Waals surface area contributed by atoms with Crippen LogP contribution in [0.4, 0.5) is 0 Å². The molecule has 94 valence electrons. The summed E-state index contributed by atoms with van der Waals surface area (Å²) in [4.78, 5) is 15.9. The van der Waals surface area contributed by atoms with Crippen LogP contribution in [0, 0.1) is 0 Å². The Hall–Kier alpha value is -1.30. The van der Waals surface area contributed by atoms with Crippen LogP contribution in [-0.4, -0.2) is 49.5 Å². The zero-order valence-electron chi connectivity index (χ0n) is 10.7. The predicted molar refractivity (Wildman–Crippen MR) is 62.4 cm³/mol. The molecular formula is C11H19N5O. The average molecular weight is 237 g/mol. The van der Waals surface area contributed by atoms with Gasteiger partial charge in [0, 0.05) is 0 Å². The van der Waals surface area contributed by atoms with Crippen LogP contribution in [0.1, 0.15) is 32.5 Å². The molecule has 0 aromatic carbocycles. The number of ketones is 1. The van der Waals surface area contributed by atoms with Crippen molar-refractivity contribution in [2.24, 2.45) is 7.05 Å². The fourth-order valence-electron chi connectivity index (χ4n) is 2.21. The quantitative estimate of drug-likeness (QED) is 0.748. The van der Waals surface area contributed by atoms with E-state index >= 15 is 0 Å². The number of carbonyl (C=O) groups excluding carboxylic acids is 1. The van der Waals surface area contributed by atoms with Crippen molar-refractivity contribution in [3.05, 3.63) is 5.82 Å². The molecule has 1 aliphatic heterocycles. The van der Waals surface area contributed by atoms with Gasteiger partial charge in [-0.3, -0.25) is 9.69 Å². The molecule has 1 aromatic heterocycles. The van der Waals surface area contributed by atoms with Crippen LogP contribution >= 0.6 is 0 Å². The highest BCUT2D eigenvalue weighted by atomic mass is 16.1. The van der Waals surface area contributed by atoms with Crippen LogP contribution in [-0.2, 0) is 18.3 Å². The van der Waals surface area contributed by atoms with E-state index in [9.17, 15) is 4.79 Å². The average Bonchev–Trinajstić information content (AvgIpc) is 2.89. The molecular weight excluding hydrogens is 218 g/mol. The van der Waals surface area contributed by atoms with Crippen molar-refractivity contribution in [1.29, 1.82) is 0 Å². The van der Waals surface area contributed by atoms with Gasteiger partial charge in [0.2, 0.25) is 0 Å². The molecule has 17 heavy (non-hydrogen) atoms. The van der Waals surface area contributed by atoms with Crippen LogP contribution in [0.3, 0.4) is 0 Å². The van der Waals surface area contributed by atoms with Gasteiger partial charge >= 0.3 is 0 Å². The van der Waals surface area contributed by atoms with Gasteiger partial charge in [-0.25, -0.2) is 0 Å². The summed E-state index contributed by atoms with van der Waals surface area (Å²) in [6.07, 6.45) is 2.62. The van der Waals surface area contributed by atoms with E-state index in [2.05, 4.69) is 20.3 Å². The third kappa shape index (κ3) is 2.52. The minimum Gasteiger partial charge on any atom is -0.297 e. The largest absolute Gasteiger partial charge is 0.297 e. The van der Waals surface area contributed by atoms with Gasteiger partial charge in [-0.05, 0) is 45.0 Å². The molecule has 0 N–H and O–H groups in total. The second-order valence-corrected chi connectivity index (χ2v) is 5.05. The topological polar surface area (TPSA) is 63.9 Å². The van der Waals surface area contributed by atoms with Crippen molar-refractivity contribution in [2.75, 3.05) is 13.1 Å². The Morgan fingerprint density at radius 3 is 2.53 bits per heavy atom. The highest BCUT2D eigenvalue weighted by Crippen LogP contribution is 2.22. The second kappa shape index (κ2) is 4.52. The molecule has 0 bridgehead atoms. The lowest BCUT2D eigenvalue weighted by molar-refractivity contribution is -0.128. The lowest BCUT2D eigenvalue weighted by Gasteiger charge is -2.33. The molecule has 1 fully saturated rings. The lowest BCUT2D eigenvalue weighted by Crippen LogP contribution is -2.49. The first kappa shape index (κ1) is 12.2. The summed E-state index contributed by atoms with van der Waals surface area (Å²) < 4.78 is 0. The van der Waals surface area contributed by atoms with E-state index in [1.54, 1.807) is 7.05 Å². The Bertz CT molecular complexity index is 406. The Morgan fingerprint density at radius 2 is 2.00 bits per heavy atom. The lowest BCUT2D eigenvalue weighted by atomic mass is 9.94. The first-order chi connectivity index (χ1) is 8.00. The minimum absolute atomic E-state index is 0.160. The SMILES string of the molecule is Cn1nnc(CC(=O)C(C)(C)N2CCCC2)n1. The first-order valence-electron chi connectivity index (χ1n) is 6.01. The number of rotatable bonds is 4. The Morgan fingerprint density at radius 1 is 1.35 bits per heavy atom. The number of aryl methyl sites for hydroxylation is 1. The standard InChI is InChI=1S/C11H19N5O/c1-11(2,16-6-4-5-7-16)9(17)8-10-12-14-15(3)13-10/h4-8H2,1-3H3. The molecule has 0 saturated carbocycles. The first-order valence-corrected chi connectivity index (χ1v) is 6.01. The molecule has 0 atom stereocenters. The Balaban J connectivity index is 2.03. The van der Waals surface area contributed by atoms with Crippen LogP contribution in [0.15, 0.2) is 0 Å². The number of Topliss-reactive ketones (excluding diaryl/α,β-unsaturated/α-hetero) is 1. The molecule has 0 radical (unpaired) electrons. The minimum atomic E-state index is -0.421. The Labute approximate surface area is 101 Å². The van der Waals surface area contributed by atoms with Crippen LogP contribution < -0.4 is 0 Å². The molecule has 0 aliphatic carbocycles. The number of aromatic nitrogens is 4. The summed E-state index contributed by atoms with van der Waals surface area (Å²) in [6.45, 7) is 5.98. The van der Waals surface area contributed by atoms with Crippen LogP contribution in [0.5, 0.6) is 0 Å². The van der Waals surface area contributed by atoms with E-state index in [0.29, 0.717) is 5.82 Å². The number of hydrogen-bond donors (Lipinski definition) is 0. The van der Waals surface area contributed by atoms with E-state index in [1.807, 2.05) is 13.8 Å². The van der Waals surface area contributed by atoms with E-state index in [4.69, 9.17) is 0 Å². The van der Waals surface area contributed by atoms with Gasteiger partial charge in [0.1, 0.15) is 0 Å². The third-order valence-electron chi connectivity index (χ3n) is 3.45. The fourth-order valence-corrected chi connectivity index (χ4v) is 2.21. The molecule has 2 heterocycles. The summed E-state index contributed by atoms with van der Waals surface area (Å²) in [5.74, 6) is 0.664. The number of hydrogen-bond acceptors (Lipinski definition) is 5. The maximum absolute atomic E-state index is 12.3. The maximum atomic E-state index is 12.3. The molecule has 2 rings (SSSR count). The van der Waals surface area contributed by atoms with Crippen molar-refractivity contribution in [2.45, 2.75) is 38.6 Å². The molecule has 0 unspecified atom stereocenters. The molecule has 0 spiro atoms. The third-order valence-corrected chi connectivity index (χ3v) is 3.45. The molecule has 1 saturated heterocycles. The predicted octanol–water partition coefficient (Wildman–Crippen LogP) is 0.196. The van der Waals surface area contributed by atoms with E-state index in [1.165, 1.54) is 17.6 Å². The van der Waals surface area contributed by atoms with Gasteiger partial charge in [0.15, 0.2) is 11.6 Å². The monoisotopic (exact) mass is 237 g/mol. The molecule has 6 nitrogen and oxygen atoms in total. The van der Waals surface area contributed by atoms with Crippen LogP contribution in [0.25, 0.3) is 0 Å². The van der Waals surface area contributed by atoms with E-state index < -0.39 is 5.54 Å². The smallest absolute Gasteiger partial charge is 0.182 e. The summed E-state index contributed by atoms with van der Waals surface area (Å²) in [7, 11) is 1.70. The second-order valence-electron chi connectivity index (χ2n) is 5.05. The maximum Gasteiger partial charge on any atom is 0.182 e. The van der Waals surface area contributed by atoms with Crippen molar-refractivity contribution in [1.82, 2.24) is 25.1 Å². The van der Waals surface area contributed by atoms with Gasteiger partial charge in [0.25, 0.3) is 0 Å². The van der Waals surface area contributed by atoms with Gasteiger partial charge < -0.3 is 0 Å². The summed E-state index contributed by atoms with van der Waals surface area (Å²) in [5, 5.41) is 11.6. The summed E-state index contributed by atoms with van der Waals surface area (Å²) >= 11 is 0. The highest BCUT2D eigenvalue weighted by molar-refractivity contribution is 5.88.